The average Bonchev–Trinajstić information content (AvgIpc) is 2.65. The summed E-state index contributed by atoms with van der Waals surface area (Å²) in [5.74, 6) is 0. The number of thiophene rings is 2. The molecule has 0 nitrogen and oxygen atoms in total. The van der Waals surface area contributed by atoms with Crippen molar-refractivity contribution in [2.45, 2.75) is 23.6 Å². The van der Waals surface area contributed by atoms with Gasteiger partial charge in [0.05, 0.1) is 9.75 Å². The first-order chi connectivity index (χ1) is 6.74. The molecule has 1 aliphatic heterocycles. The fourth-order valence-corrected chi connectivity index (χ4v) is 6.89. The first kappa shape index (κ1) is 9.33. The molecule has 1 aliphatic rings. The number of aryl methyl sites for hydroxylation is 2. The fourth-order valence-electron chi connectivity index (χ4n) is 1.51. The van der Waals surface area contributed by atoms with Gasteiger partial charge in [-0.3, -0.25) is 0 Å². The summed E-state index contributed by atoms with van der Waals surface area (Å²) in [4.78, 5) is 8.71. The molecule has 72 valence electrons. The van der Waals surface area contributed by atoms with Gasteiger partial charge in [0.25, 0.3) is 0 Å². The van der Waals surface area contributed by atoms with Crippen LogP contribution < -0.4 is 0 Å². The lowest BCUT2D eigenvalue weighted by molar-refractivity contribution is 1.47. The zero-order valence-electron chi connectivity index (χ0n) is 7.79. The summed E-state index contributed by atoms with van der Waals surface area (Å²) in [5, 5.41) is 0. The Morgan fingerprint density at radius 1 is 0.786 bits per heavy atom. The molecule has 0 aromatic carbocycles. The molecule has 0 saturated heterocycles. The van der Waals surface area contributed by atoms with Crippen LogP contribution in [0.3, 0.4) is 0 Å². The Kier molecular flexibility index (Phi) is 2.20. The van der Waals surface area contributed by atoms with E-state index in [2.05, 4.69) is 26.0 Å². The first-order valence-corrected chi connectivity index (χ1v) is 8.08. The molecule has 3 heterocycles. The van der Waals surface area contributed by atoms with E-state index in [-0.39, 0.29) is 0 Å². The predicted molar refractivity (Wildman–Crippen MR) is 68.8 cm³/mol. The van der Waals surface area contributed by atoms with Crippen molar-refractivity contribution in [3.05, 3.63) is 21.9 Å². The average molecular weight is 256 g/mol. The van der Waals surface area contributed by atoms with Crippen LogP contribution in [0, 0.1) is 13.8 Å². The van der Waals surface area contributed by atoms with Crippen molar-refractivity contribution in [2.75, 3.05) is 0 Å². The lowest BCUT2D eigenvalue weighted by Crippen LogP contribution is -1.76. The molecule has 4 heteroatoms. The highest BCUT2D eigenvalue weighted by molar-refractivity contribution is 8.77. The SMILES string of the molecule is Cc1cc2c(s1)-c1sc(C)cc1SS2. The zero-order chi connectivity index (χ0) is 9.71. The number of hydrogen-bond donors (Lipinski definition) is 0. The molecule has 0 bridgehead atoms. The maximum atomic E-state index is 2.30. The number of rotatable bonds is 0. The van der Waals surface area contributed by atoms with Crippen molar-refractivity contribution in [3.63, 3.8) is 0 Å². The molecule has 0 saturated carbocycles. The van der Waals surface area contributed by atoms with E-state index in [9.17, 15) is 0 Å². The molecule has 0 aliphatic carbocycles. The Labute approximate surface area is 99.1 Å². The van der Waals surface area contributed by atoms with Crippen LogP contribution in [-0.2, 0) is 0 Å². The normalized spacial score (nSPS) is 13.9. The monoisotopic (exact) mass is 256 g/mol. The lowest BCUT2D eigenvalue weighted by atomic mass is 10.3. The van der Waals surface area contributed by atoms with Crippen LogP contribution in [0.1, 0.15) is 9.75 Å². The van der Waals surface area contributed by atoms with Crippen molar-refractivity contribution in [1.29, 1.82) is 0 Å². The van der Waals surface area contributed by atoms with Gasteiger partial charge in [0.1, 0.15) is 0 Å². The summed E-state index contributed by atoms with van der Waals surface area (Å²) in [5.41, 5.74) is 0. The summed E-state index contributed by atoms with van der Waals surface area (Å²) in [6.07, 6.45) is 0. The van der Waals surface area contributed by atoms with Gasteiger partial charge in [0, 0.05) is 19.5 Å². The van der Waals surface area contributed by atoms with E-state index in [1.54, 1.807) is 0 Å². The third-order valence-electron chi connectivity index (χ3n) is 2.07. The molecular formula is C10H8S4. The lowest BCUT2D eigenvalue weighted by Gasteiger charge is -2.08. The highest BCUT2D eigenvalue weighted by Gasteiger charge is 2.21. The highest BCUT2D eigenvalue weighted by Crippen LogP contribution is 2.56. The van der Waals surface area contributed by atoms with Crippen LogP contribution in [0.2, 0.25) is 0 Å². The van der Waals surface area contributed by atoms with Crippen molar-refractivity contribution in [2.24, 2.45) is 0 Å². The standard InChI is InChI=1S/C10H8S4/c1-5-3-7-9(11-5)10-8(14-13-7)4-6(2)12-10/h3-4H,1-2H3. The molecule has 2 aromatic heterocycles. The van der Waals surface area contributed by atoms with E-state index < -0.39 is 0 Å². The predicted octanol–water partition coefficient (Wildman–Crippen LogP) is 5.21. The molecule has 2 aromatic rings. The van der Waals surface area contributed by atoms with Gasteiger partial charge in [-0.2, -0.15) is 0 Å². The van der Waals surface area contributed by atoms with Gasteiger partial charge in [-0.15, -0.1) is 22.7 Å². The van der Waals surface area contributed by atoms with Gasteiger partial charge in [-0.05, 0) is 26.0 Å². The molecule has 3 rings (SSSR count). The minimum absolute atomic E-state index is 1.42. The Morgan fingerprint density at radius 2 is 1.21 bits per heavy atom. The molecule has 0 atom stereocenters. The zero-order valence-corrected chi connectivity index (χ0v) is 11.1. The molecule has 0 spiro atoms. The van der Waals surface area contributed by atoms with E-state index in [0.717, 1.165) is 0 Å². The largest absolute Gasteiger partial charge is 0.138 e. The quantitative estimate of drug-likeness (QED) is 0.594. The van der Waals surface area contributed by atoms with Gasteiger partial charge < -0.3 is 0 Å². The Hall–Kier alpha value is 0.1000. The van der Waals surface area contributed by atoms with Gasteiger partial charge in [0.2, 0.25) is 0 Å². The van der Waals surface area contributed by atoms with E-state index in [1.165, 1.54) is 29.3 Å². The second-order valence-corrected chi connectivity index (χ2v) is 7.99. The van der Waals surface area contributed by atoms with Crippen molar-refractivity contribution >= 4 is 44.3 Å². The summed E-state index contributed by atoms with van der Waals surface area (Å²) in [7, 11) is 3.80. The Morgan fingerprint density at radius 3 is 1.64 bits per heavy atom. The van der Waals surface area contributed by atoms with Crippen LogP contribution in [0.15, 0.2) is 21.9 Å². The Balaban J connectivity index is 2.27. The van der Waals surface area contributed by atoms with E-state index >= 15 is 0 Å². The smallest absolute Gasteiger partial charge is 0.0601 e. The third-order valence-corrected chi connectivity index (χ3v) is 7.01. The minimum Gasteiger partial charge on any atom is -0.138 e. The summed E-state index contributed by atoms with van der Waals surface area (Å²) < 4.78 is 0. The van der Waals surface area contributed by atoms with E-state index in [4.69, 9.17) is 0 Å². The molecule has 0 N–H and O–H groups in total. The maximum Gasteiger partial charge on any atom is 0.0601 e. The Bertz CT molecular complexity index is 446. The van der Waals surface area contributed by atoms with Crippen LogP contribution in [0.4, 0.5) is 0 Å². The van der Waals surface area contributed by atoms with Crippen LogP contribution in [-0.4, -0.2) is 0 Å². The topological polar surface area (TPSA) is 0 Å². The van der Waals surface area contributed by atoms with E-state index in [0.29, 0.717) is 0 Å². The summed E-state index contributed by atoms with van der Waals surface area (Å²) >= 11 is 3.84. The van der Waals surface area contributed by atoms with Gasteiger partial charge >= 0.3 is 0 Å². The van der Waals surface area contributed by atoms with Crippen LogP contribution >= 0.6 is 44.3 Å². The number of fused-ring (bicyclic) bond motifs is 3. The molecule has 14 heavy (non-hydrogen) atoms. The number of hydrogen-bond acceptors (Lipinski definition) is 4. The maximum absolute atomic E-state index is 2.30. The van der Waals surface area contributed by atoms with Crippen molar-refractivity contribution < 1.29 is 0 Å². The minimum atomic E-state index is 1.42. The van der Waals surface area contributed by atoms with Gasteiger partial charge in [-0.1, -0.05) is 21.6 Å². The van der Waals surface area contributed by atoms with Crippen LogP contribution in [0.25, 0.3) is 9.75 Å². The second kappa shape index (κ2) is 3.30. The van der Waals surface area contributed by atoms with Gasteiger partial charge in [-0.25, -0.2) is 0 Å². The van der Waals surface area contributed by atoms with Crippen LogP contribution in [0.5, 0.6) is 0 Å². The van der Waals surface area contributed by atoms with Crippen molar-refractivity contribution in [3.8, 4) is 9.75 Å². The third kappa shape index (κ3) is 1.36. The molecule has 0 radical (unpaired) electrons. The second-order valence-electron chi connectivity index (χ2n) is 3.27. The fraction of sp³-hybridized carbons (Fsp3) is 0.200. The van der Waals surface area contributed by atoms with Gasteiger partial charge in [0.15, 0.2) is 0 Å². The molecule has 0 amide bonds. The highest BCUT2D eigenvalue weighted by atomic mass is 33.1. The summed E-state index contributed by atoms with van der Waals surface area (Å²) in [6, 6.07) is 4.60. The van der Waals surface area contributed by atoms with E-state index in [1.807, 2.05) is 44.3 Å². The molecular weight excluding hydrogens is 248 g/mol. The first-order valence-electron chi connectivity index (χ1n) is 4.30. The molecule has 0 unspecified atom stereocenters. The molecule has 0 fully saturated rings. The summed E-state index contributed by atoms with van der Waals surface area (Å²) in [6.45, 7) is 4.38. The van der Waals surface area contributed by atoms with Crippen molar-refractivity contribution in [1.82, 2.24) is 0 Å².